The van der Waals surface area contributed by atoms with E-state index >= 15 is 0 Å². The lowest BCUT2D eigenvalue weighted by atomic mass is 10.0. The van der Waals surface area contributed by atoms with Crippen molar-refractivity contribution >= 4 is 11.6 Å². The summed E-state index contributed by atoms with van der Waals surface area (Å²) in [4.78, 5) is 0. The van der Waals surface area contributed by atoms with Crippen molar-refractivity contribution in [3.05, 3.63) is 65.5 Å². The third-order valence-corrected chi connectivity index (χ3v) is 3.69. The molecule has 0 aromatic heterocycles. The molecule has 0 amide bonds. The number of allylic oxidation sites excluding steroid dienone is 2. The van der Waals surface area contributed by atoms with Gasteiger partial charge in [-0.2, -0.15) is 0 Å². The zero-order valence-electron chi connectivity index (χ0n) is 14.3. The Morgan fingerprint density at radius 1 is 1.35 bits per heavy atom. The highest BCUT2D eigenvalue weighted by Crippen LogP contribution is 2.25. The minimum Gasteiger partial charge on any atom is -0.495 e. The summed E-state index contributed by atoms with van der Waals surface area (Å²) in [5.74, 6) is 0.681. The standard InChI is InChI=1S/C19H27ClN2O/c1-6-8-9-14(3)22-18(15(4)21-7-2)13-16-10-11-19(23-5)17(20)12-16/h8-12,18,21-22H,3-4,6-7,13H2,1-2,5H3/t18-/m1/s1. The fourth-order valence-corrected chi connectivity index (χ4v) is 2.50. The predicted octanol–water partition coefficient (Wildman–Crippen LogP) is 4.45. The normalized spacial score (nSPS) is 12.0. The molecule has 126 valence electrons. The molecular weight excluding hydrogens is 308 g/mol. The van der Waals surface area contributed by atoms with Gasteiger partial charge in [-0.15, -0.1) is 0 Å². The van der Waals surface area contributed by atoms with Crippen LogP contribution in [0.5, 0.6) is 5.75 Å². The lowest BCUT2D eigenvalue weighted by molar-refractivity contribution is 0.415. The van der Waals surface area contributed by atoms with Crippen LogP contribution in [0.15, 0.2) is 54.9 Å². The maximum Gasteiger partial charge on any atom is 0.137 e. The molecule has 2 N–H and O–H groups in total. The first-order valence-corrected chi connectivity index (χ1v) is 8.26. The molecule has 0 heterocycles. The molecule has 0 aliphatic rings. The van der Waals surface area contributed by atoms with Crippen LogP contribution in [0.1, 0.15) is 25.8 Å². The van der Waals surface area contributed by atoms with E-state index < -0.39 is 0 Å². The van der Waals surface area contributed by atoms with Gasteiger partial charge in [0.15, 0.2) is 0 Å². The summed E-state index contributed by atoms with van der Waals surface area (Å²) >= 11 is 6.22. The topological polar surface area (TPSA) is 33.3 Å². The van der Waals surface area contributed by atoms with Crippen LogP contribution in [-0.4, -0.2) is 19.7 Å². The number of methoxy groups -OCH3 is 1. The summed E-state index contributed by atoms with van der Waals surface area (Å²) in [6.07, 6.45) is 5.81. The minimum atomic E-state index is 0.0356. The van der Waals surface area contributed by atoms with Gasteiger partial charge in [0.1, 0.15) is 5.75 Å². The lowest BCUT2D eigenvalue weighted by Crippen LogP contribution is -2.36. The van der Waals surface area contributed by atoms with Gasteiger partial charge in [0.05, 0.1) is 18.2 Å². The van der Waals surface area contributed by atoms with E-state index in [1.165, 1.54) is 0 Å². The van der Waals surface area contributed by atoms with Crippen LogP contribution < -0.4 is 15.4 Å². The number of nitrogens with one attached hydrogen (secondary N) is 2. The van der Waals surface area contributed by atoms with Crippen molar-refractivity contribution < 1.29 is 4.74 Å². The Hall–Kier alpha value is -1.87. The quantitative estimate of drug-likeness (QED) is 0.620. The molecule has 4 heteroatoms. The smallest absolute Gasteiger partial charge is 0.137 e. The highest BCUT2D eigenvalue weighted by Gasteiger charge is 2.14. The van der Waals surface area contributed by atoms with E-state index in [1.807, 2.05) is 24.3 Å². The largest absolute Gasteiger partial charge is 0.495 e. The number of halogens is 1. The summed E-state index contributed by atoms with van der Waals surface area (Å²) < 4.78 is 5.20. The fraction of sp³-hybridized carbons (Fsp3) is 0.368. The second kappa shape index (κ2) is 10.0. The number of rotatable bonds is 10. The second-order valence-corrected chi connectivity index (χ2v) is 5.67. The van der Waals surface area contributed by atoms with Crippen LogP contribution in [0.2, 0.25) is 5.02 Å². The minimum absolute atomic E-state index is 0.0356. The molecule has 0 aliphatic carbocycles. The van der Waals surface area contributed by atoms with Crippen LogP contribution in [0.25, 0.3) is 0 Å². The summed E-state index contributed by atoms with van der Waals surface area (Å²) in [7, 11) is 1.61. The Labute approximate surface area is 145 Å². The predicted molar refractivity (Wildman–Crippen MR) is 100 cm³/mol. The maximum atomic E-state index is 6.22. The van der Waals surface area contributed by atoms with Crippen molar-refractivity contribution in [3.8, 4) is 5.75 Å². The summed E-state index contributed by atoms with van der Waals surface area (Å²) in [5.41, 5.74) is 2.92. The van der Waals surface area contributed by atoms with Crippen molar-refractivity contribution in [1.82, 2.24) is 10.6 Å². The van der Waals surface area contributed by atoms with Crippen molar-refractivity contribution in [2.24, 2.45) is 0 Å². The number of hydrogen-bond acceptors (Lipinski definition) is 3. The molecule has 23 heavy (non-hydrogen) atoms. The lowest BCUT2D eigenvalue weighted by Gasteiger charge is -2.23. The molecule has 0 unspecified atom stereocenters. The van der Waals surface area contributed by atoms with Gasteiger partial charge < -0.3 is 15.4 Å². The van der Waals surface area contributed by atoms with E-state index in [2.05, 4.69) is 43.7 Å². The zero-order valence-corrected chi connectivity index (χ0v) is 15.0. The molecule has 3 nitrogen and oxygen atoms in total. The molecule has 0 spiro atoms. The Balaban J connectivity index is 2.87. The van der Waals surface area contributed by atoms with E-state index in [1.54, 1.807) is 7.11 Å². The summed E-state index contributed by atoms with van der Waals surface area (Å²) in [5, 5.41) is 7.31. The molecule has 1 rings (SSSR count). The summed E-state index contributed by atoms with van der Waals surface area (Å²) in [6.45, 7) is 13.2. The average Bonchev–Trinajstić information content (AvgIpc) is 2.52. The van der Waals surface area contributed by atoms with E-state index in [4.69, 9.17) is 16.3 Å². The van der Waals surface area contributed by atoms with Crippen molar-refractivity contribution in [3.63, 3.8) is 0 Å². The first-order chi connectivity index (χ1) is 11.0. The monoisotopic (exact) mass is 334 g/mol. The highest BCUT2D eigenvalue weighted by molar-refractivity contribution is 6.32. The number of benzene rings is 1. The van der Waals surface area contributed by atoms with E-state index in [0.717, 1.165) is 36.3 Å². The average molecular weight is 335 g/mol. The Bertz CT molecular complexity index is 566. The molecule has 0 bridgehead atoms. The third-order valence-electron chi connectivity index (χ3n) is 3.39. The van der Waals surface area contributed by atoms with E-state index in [9.17, 15) is 0 Å². The zero-order chi connectivity index (χ0) is 17.2. The Morgan fingerprint density at radius 2 is 2.09 bits per heavy atom. The fourth-order valence-electron chi connectivity index (χ4n) is 2.22. The van der Waals surface area contributed by atoms with Crippen molar-refractivity contribution in [2.45, 2.75) is 32.7 Å². The van der Waals surface area contributed by atoms with Crippen LogP contribution in [0.4, 0.5) is 0 Å². The molecule has 0 radical (unpaired) electrons. The van der Waals surface area contributed by atoms with Crippen LogP contribution in [0, 0.1) is 0 Å². The van der Waals surface area contributed by atoms with Crippen LogP contribution in [0.3, 0.4) is 0 Å². The van der Waals surface area contributed by atoms with Crippen molar-refractivity contribution in [1.29, 1.82) is 0 Å². The van der Waals surface area contributed by atoms with Crippen LogP contribution in [-0.2, 0) is 6.42 Å². The molecule has 1 atom stereocenters. The number of hydrogen-bond donors (Lipinski definition) is 2. The van der Waals surface area contributed by atoms with Gasteiger partial charge in [-0.05, 0) is 43.5 Å². The highest BCUT2D eigenvalue weighted by atomic mass is 35.5. The number of ether oxygens (including phenoxy) is 1. The van der Waals surface area contributed by atoms with Crippen LogP contribution >= 0.6 is 11.6 Å². The summed E-state index contributed by atoms with van der Waals surface area (Å²) in [6, 6.07) is 5.87. The van der Waals surface area contributed by atoms with E-state index in [0.29, 0.717) is 10.8 Å². The molecule has 1 aromatic carbocycles. The Morgan fingerprint density at radius 3 is 2.65 bits per heavy atom. The van der Waals surface area contributed by atoms with Crippen molar-refractivity contribution in [2.75, 3.05) is 13.7 Å². The van der Waals surface area contributed by atoms with Gasteiger partial charge in [-0.25, -0.2) is 0 Å². The molecule has 0 saturated heterocycles. The Kier molecular flexibility index (Phi) is 8.35. The molecule has 0 saturated carbocycles. The van der Waals surface area contributed by atoms with Gasteiger partial charge in [-0.1, -0.05) is 43.8 Å². The first kappa shape index (κ1) is 19.2. The SMILES string of the molecule is C=C(C=CCC)N[C@H](Cc1ccc(OC)c(Cl)c1)C(=C)NCC. The van der Waals surface area contributed by atoms with Gasteiger partial charge in [0.25, 0.3) is 0 Å². The van der Waals surface area contributed by atoms with Gasteiger partial charge >= 0.3 is 0 Å². The van der Waals surface area contributed by atoms with E-state index in [-0.39, 0.29) is 6.04 Å². The molecule has 1 aromatic rings. The van der Waals surface area contributed by atoms with Gasteiger partial charge in [0, 0.05) is 17.9 Å². The number of likely N-dealkylation sites (N-methyl/N-ethyl adjacent to an activating group) is 1. The maximum absolute atomic E-state index is 6.22. The second-order valence-electron chi connectivity index (χ2n) is 5.26. The van der Waals surface area contributed by atoms with Gasteiger partial charge in [-0.3, -0.25) is 0 Å². The molecular formula is C19H27ClN2O. The first-order valence-electron chi connectivity index (χ1n) is 7.88. The third kappa shape index (κ3) is 6.41. The molecule has 0 fully saturated rings. The van der Waals surface area contributed by atoms with Gasteiger partial charge in [0.2, 0.25) is 0 Å². The molecule has 0 aliphatic heterocycles.